The first-order valence-corrected chi connectivity index (χ1v) is 5.97. The second kappa shape index (κ2) is 4.62. The predicted octanol–water partition coefficient (Wildman–Crippen LogP) is 0.480. The first kappa shape index (κ1) is 12.3. The molecule has 0 aromatic rings. The Morgan fingerprint density at radius 2 is 1.94 bits per heavy atom. The zero-order chi connectivity index (χ0) is 12.6. The third kappa shape index (κ3) is 2.02. The molecule has 6 heteroatoms. The van der Waals surface area contributed by atoms with Gasteiger partial charge in [-0.05, 0) is 20.3 Å². The van der Waals surface area contributed by atoms with Crippen molar-refractivity contribution in [2.45, 2.75) is 52.0 Å². The normalized spacial score (nSPS) is 33.9. The van der Waals surface area contributed by atoms with Crippen LogP contribution < -0.4 is 0 Å². The number of hydrazine groups is 1. The fourth-order valence-corrected chi connectivity index (χ4v) is 2.09. The molecule has 2 fully saturated rings. The first-order chi connectivity index (χ1) is 8.06. The highest BCUT2D eigenvalue weighted by Gasteiger charge is 2.45. The Hall–Kier alpha value is -1.14. The molecule has 0 spiro atoms. The Morgan fingerprint density at radius 3 is 2.47 bits per heavy atom. The maximum atomic E-state index is 12.0. The molecule has 2 aliphatic rings. The molecule has 0 bridgehead atoms. The van der Waals surface area contributed by atoms with Gasteiger partial charge in [-0.15, -0.1) is 0 Å². The van der Waals surface area contributed by atoms with Gasteiger partial charge in [0.05, 0.1) is 0 Å². The van der Waals surface area contributed by atoms with E-state index in [1.165, 1.54) is 10.0 Å². The van der Waals surface area contributed by atoms with E-state index in [-0.39, 0.29) is 24.8 Å². The van der Waals surface area contributed by atoms with Crippen molar-refractivity contribution >= 4 is 11.8 Å². The smallest absolute Gasteiger partial charge is 0.272 e. The molecule has 2 saturated heterocycles. The summed E-state index contributed by atoms with van der Waals surface area (Å²) in [5.41, 5.74) is 0. The standard InChI is InChI=1S/C11H18N2O4/c1-4-5-9-13(11(15)8(3)17-9)12-6-16-7(2)10(12)14/h7-9H,4-6H2,1-3H3. The van der Waals surface area contributed by atoms with Gasteiger partial charge in [-0.3, -0.25) is 9.59 Å². The van der Waals surface area contributed by atoms with E-state index in [1.54, 1.807) is 13.8 Å². The van der Waals surface area contributed by atoms with Crippen LogP contribution >= 0.6 is 0 Å². The first-order valence-electron chi connectivity index (χ1n) is 5.97. The number of amides is 2. The van der Waals surface area contributed by atoms with Crippen LogP contribution in [-0.2, 0) is 19.1 Å². The largest absolute Gasteiger partial charge is 0.346 e. The lowest BCUT2D eigenvalue weighted by Gasteiger charge is -2.30. The van der Waals surface area contributed by atoms with E-state index in [9.17, 15) is 9.59 Å². The lowest BCUT2D eigenvalue weighted by atomic mass is 10.3. The number of rotatable bonds is 3. The van der Waals surface area contributed by atoms with Gasteiger partial charge in [0.15, 0.2) is 6.23 Å². The van der Waals surface area contributed by atoms with Crippen LogP contribution in [0.1, 0.15) is 33.6 Å². The molecule has 3 unspecified atom stereocenters. The third-order valence-electron chi connectivity index (χ3n) is 3.05. The Balaban J connectivity index is 2.16. The summed E-state index contributed by atoms with van der Waals surface area (Å²) in [6.45, 7) is 5.53. The maximum Gasteiger partial charge on any atom is 0.272 e. The van der Waals surface area contributed by atoms with Gasteiger partial charge in [-0.25, -0.2) is 10.0 Å². The number of hydrogen-bond acceptors (Lipinski definition) is 4. The Morgan fingerprint density at radius 1 is 1.24 bits per heavy atom. The molecule has 3 atom stereocenters. The highest BCUT2D eigenvalue weighted by Crippen LogP contribution is 2.26. The van der Waals surface area contributed by atoms with Gasteiger partial charge in [-0.2, -0.15) is 0 Å². The molecule has 2 rings (SSSR count). The zero-order valence-corrected chi connectivity index (χ0v) is 10.4. The van der Waals surface area contributed by atoms with Gasteiger partial charge in [0.25, 0.3) is 11.8 Å². The van der Waals surface area contributed by atoms with Gasteiger partial charge in [0, 0.05) is 0 Å². The van der Waals surface area contributed by atoms with Crippen molar-refractivity contribution < 1.29 is 19.1 Å². The summed E-state index contributed by atoms with van der Waals surface area (Å²) in [7, 11) is 0. The van der Waals surface area contributed by atoms with E-state index in [2.05, 4.69) is 0 Å². The predicted molar refractivity (Wildman–Crippen MR) is 58.3 cm³/mol. The summed E-state index contributed by atoms with van der Waals surface area (Å²) >= 11 is 0. The summed E-state index contributed by atoms with van der Waals surface area (Å²) in [6.07, 6.45) is 0.282. The van der Waals surface area contributed by atoms with Crippen LogP contribution in [-0.4, -0.2) is 47.0 Å². The summed E-state index contributed by atoms with van der Waals surface area (Å²) in [4.78, 5) is 23.8. The van der Waals surface area contributed by atoms with E-state index in [0.717, 1.165) is 6.42 Å². The van der Waals surface area contributed by atoms with Crippen LogP contribution in [0.5, 0.6) is 0 Å². The van der Waals surface area contributed by atoms with Crippen molar-refractivity contribution in [3.63, 3.8) is 0 Å². The second-order valence-electron chi connectivity index (χ2n) is 4.38. The van der Waals surface area contributed by atoms with Crippen LogP contribution in [0.25, 0.3) is 0 Å². The van der Waals surface area contributed by atoms with Crippen LogP contribution in [0.2, 0.25) is 0 Å². The fourth-order valence-electron chi connectivity index (χ4n) is 2.09. The van der Waals surface area contributed by atoms with Gasteiger partial charge < -0.3 is 9.47 Å². The number of ether oxygens (including phenoxy) is 2. The topological polar surface area (TPSA) is 59.1 Å². The lowest BCUT2D eigenvalue weighted by molar-refractivity contribution is -0.167. The average molecular weight is 242 g/mol. The highest BCUT2D eigenvalue weighted by molar-refractivity contribution is 5.88. The zero-order valence-electron chi connectivity index (χ0n) is 10.4. The number of carbonyl (C=O) groups is 2. The highest BCUT2D eigenvalue weighted by atomic mass is 16.6. The molecular formula is C11H18N2O4. The van der Waals surface area contributed by atoms with Crippen molar-refractivity contribution in [1.82, 2.24) is 10.0 Å². The molecule has 0 saturated carbocycles. The van der Waals surface area contributed by atoms with Gasteiger partial charge in [-0.1, -0.05) is 13.3 Å². The number of hydrogen-bond donors (Lipinski definition) is 0. The van der Waals surface area contributed by atoms with Crippen molar-refractivity contribution in [2.75, 3.05) is 6.73 Å². The number of nitrogens with zero attached hydrogens (tertiary/aromatic N) is 2. The van der Waals surface area contributed by atoms with E-state index in [4.69, 9.17) is 9.47 Å². The van der Waals surface area contributed by atoms with Crippen LogP contribution in [0.4, 0.5) is 0 Å². The van der Waals surface area contributed by atoms with E-state index in [0.29, 0.717) is 6.42 Å². The SMILES string of the molecule is CCCC1OC(C)C(=O)N1N1COC(C)C1=O. The summed E-state index contributed by atoms with van der Waals surface area (Å²) in [6, 6.07) is 0. The monoisotopic (exact) mass is 242 g/mol. The van der Waals surface area contributed by atoms with Crippen LogP contribution in [0, 0.1) is 0 Å². The van der Waals surface area contributed by atoms with Crippen molar-refractivity contribution in [3.05, 3.63) is 0 Å². The van der Waals surface area contributed by atoms with E-state index in [1.807, 2.05) is 6.92 Å². The molecule has 0 N–H and O–H groups in total. The number of carbonyl (C=O) groups excluding carboxylic acids is 2. The second-order valence-corrected chi connectivity index (χ2v) is 4.38. The molecule has 6 nitrogen and oxygen atoms in total. The Kier molecular flexibility index (Phi) is 3.35. The molecule has 0 aromatic heterocycles. The van der Waals surface area contributed by atoms with E-state index >= 15 is 0 Å². The van der Waals surface area contributed by atoms with Gasteiger partial charge in [0.1, 0.15) is 18.9 Å². The van der Waals surface area contributed by atoms with Crippen molar-refractivity contribution in [1.29, 1.82) is 0 Å². The quantitative estimate of drug-likeness (QED) is 0.722. The summed E-state index contributed by atoms with van der Waals surface area (Å²) in [5, 5.41) is 2.77. The third-order valence-corrected chi connectivity index (χ3v) is 3.05. The van der Waals surface area contributed by atoms with Gasteiger partial charge in [0.2, 0.25) is 0 Å². The molecule has 0 radical (unpaired) electrons. The lowest BCUT2D eigenvalue weighted by Crippen LogP contribution is -2.50. The van der Waals surface area contributed by atoms with Crippen molar-refractivity contribution in [2.24, 2.45) is 0 Å². The average Bonchev–Trinajstić information content (AvgIpc) is 2.73. The molecule has 96 valence electrons. The van der Waals surface area contributed by atoms with Gasteiger partial charge >= 0.3 is 0 Å². The molecule has 2 aliphatic heterocycles. The minimum Gasteiger partial charge on any atom is -0.346 e. The molecular weight excluding hydrogens is 224 g/mol. The maximum absolute atomic E-state index is 12.0. The fraction of sp³-hybridized carbons (Fsp3) is 0.818. The Bertz CT molecular complexity index is 333. The Labute approximate surface area is 100 Å². The molecule has 0 aliphatic carbocycles. The minimum absolute atomic E-state index is 0.127. The van der Waals surface area contributed by atoms with Crippen molar-refractivity contribution in [3.8, 4) is 0 Å². The molecule has 2 heterocycles. The minimum atomic E-state index is -0.491. The molecule has 17 heavy (non-hydrogen) atoms. The summed E-state index contributed by atoms with van der Waals surface area (Å²) in [5.74, 6) is -0.355. The van der Waals surface area contributed by atoms with E-state index < -0.39 is 12.2 Å². The van der Waals surface area contributed by atoms with Crippen LogP contribution in [0.3, 0.4) is 0 Å². The molecule has 2 amide bonds. The summed E-state index contributed by atoms with van der Waals surface area (Å²) < 4.78 is 10.8. The molecule has 0 aromatic carbocycles. The van der Waals surface area contributed by atoms with Crippen LogP contribution in [0.15, 0.2) is 0 Å².